The van der Waals surface area contributed by atoms with Gasteiger partial charge in [0.05, 0.1) is 5.56 Å². The summed E-state index contributed by atoms with van der Waals surface area (Å²) in [6, 6.07) is 3.77. The van der Waals surface area contributed by atoms with Gasteiger partial charge in [0.1, 0.15) is 0 Å². The van der Waals surface area contributed by atoms with Crippen LogP contribution in [0.2, 0.25) is 0 Å². The van der Waals surface area contributed by atoms with Crippen LogP contribution in [0.1, 0.15) is 63.6 Å². The Bertz CT molecular complexity index is 809. The van der Waals surface area contributed by atoms with Crippen molar-refractivity contribution in [3.63, 3.8) is 0 Å². The third kappa shape index (κ3) is 4.72. The lowest BCUT2D eigenvalue weighted by Crippen LogP contribution is -2.46. The SMILES string of the molecule is COCCC1(c2noc(-c3cccnc3)n2)CCN(C(=O)CC2CCCCC2)CC1. The van der Waals surface area contributed by atoms with Crippen LogP contribution in [0.15, 0.2) is 29.0 Å². The zero-order valence-electron chi connectivity index (χ0n) is 17.9. The van der Waals surface area contributed by atoms with E-state index in [-0.39, 0.29) is 5.41 Å². The van der Waals surface area contributed by atoms with E-state index in [0.29, 0.717) is 30.7 Å². The summed E-state index contributed by atoms with van der Waals surface area (Å²) < 4.78 is 10.9. The summed E-state index contributed by atoms with van der Waals surface area (Å²) >= 11 is 0. The van der Waals surface area contributed by atoms with E-state index >= 15 is 0 Å². The second-order valence-electron chi connectivity index (χ2n) is 8.78. The minimum Gasteiger partial charge on any atom is -0.385 e. The molecule has 0 radical (unpaired) electrons. The Morgan fingerprint density at radius 1 is 1.27 bits per heavy atom. The maximum absolute atomic E-state index is 12.9. The van der Waals surface area contributed by atoms with E-state index in [1.807, 2.05) is 17.0 Å². The number of aromatic nitrogens is 3. The van der Waals surface area contributed by atoms with Crippen molar-refractivity contribution in [2.24, 2.45) is 5.92 Å². The molecule has 0 N–H and O–H groups in total. The highest BCUT2D eigenvalue weighted by Gasteiger charge is 2.41. The third-order valence-electron chi connectivity index (χ3n) is 6.85. The Hall–Kier alpha value is -2.28. The second-order valence-corrected chi connectivity index (χ2v) is 8.78. The first-order valence-electron chi connectivity index (χ1n) is 11.2. The molecule has 2 aliphatic rings. The Balaban J connectivity index is 1.43. The van der Waals surface area contributed by atoms with Crippen molar-refractivity contribution in [2.75, 3.05) is 26.8 Å². The molecule has 162 valence electrons. The number of hydrogen-bond donors (Lipinski definition) is 0. The number of pyridine rings is 1. The Morgan fingerprint density at radius 3 is 2.77 bits per heavy atom. The van der Waals surface area contributed by atoms with Crippen LogP contribution in [0.25, 0.3) is 11.5 Å². The predicted octanol–water partition coefficient (Wildman–Crippen LogP) is 4.00. The number of carbonyl (C=O) groups excluding carboxylic acids is 1. The van der Waals surface area contributed by atoms with Crippen molar-refractivity contribution in [1.82, 2.24) is 20.0 Å². The average Bonchev–Trinajstić information content (AvgIpc) is 3.30. The van der Waals surface area contributed by atoms with Crippen LogP contribution in [0.5, 0.6) is 0 Å². The Kier molecular flexibility index (Phi) is 6.77. The normalized spacial score (nSPS) is 19.7. The fourth-order valence-electron chi connectivity index (χ4n) is 4.88. The summed E-state index contributed by atoms with van der Waals surface area (Å²) in [6.07, 6.45) is 12.9. The number of nitrogens with zero attached hydrogens (tertiary/aromatic N) is 4. The number of hydrogen-bond acceptors (Lipinski definition) is 6. The van der Waals surface area contributed by atoms with Crippen LogP contribution >= 0.6 is 0 Å². The number of ether oxygens (including phenoxy) is 1. The maximum atomic E-state index is 12.9. The van der Waals surface area contributed by atoms with Gasteiger partial charge < -0.3 is 14.2 Å². The van der Waals surface area contributed by atoms with Gasteiger partial charge in [-0.15, -0.1) is 0 Å². The van der Waals surface area contributed by atoms with Crippen molar-refractivity contribution in [1.29, 1.82) is 0 Å². The summed E-state index contributed by atoms with van der Waals surface area (Å²) in [4.78, 5) is 23.8. The summed E-state index contributed by atoms with van der Waals surface area (Å²) in [6.45, 7) is 2.12. The highest BCUT2D eigenvalue weighted by atomic mass is 16.5. The molecule has 1 amide bonds. The first-order valence-corrected chi connectivity index (χ1v) is 11.2. The fraction of sp³-hybridized carbons (Fsp3) is 0.652. The maximum Gasteiger partial charge on any atom is 0.259 e. The van der Waals surface area contributed by atoms with Crippen LogP contribution in [0.4, 0.5) is 0 Å². The van der Waals surface area contributed by atoms with E-state index in [4.69, 9.17) is 14.2 Å². The molecular weight excluding hydrogens is 380 g/mol. The zero-order valence-corrected chi connectivity index (χ0v) is 17.9. The smallest absolute Gasteiger partial charge is 0.259 e. The van der Waals surface area contributed by atoms with Gasteiger partial charge in [0.2, 0.25) is 5.91 Å². The van der Waals surface area contributed by atoms with Crippen LogP contribution in [0.3, 0.4) is 0 Å². The fourth-order valence-corrected chi connectivity index (χ4v) is 4.88. The monoisotopic (exact) mass is 412 g/mol. The van der Waals surface area contributed by atoms with Crippen molar-refractivity contribution in [3.8, 4) is 11.5 Å². The second kappa shape index (κ2) is 9.69. The lowest BCUT2D eigenvalue weighted by Gasteiger charge is -2.40. The number of likely N-dealkylation sites (tertiary alicyclic amines) is 1. The average molecular weight is 413 g/mol. The topological polar surface area (TPSA) is 81.3 Å². The molecule has 7 heteroatoms. The predicted molar refractivity (Wildman–Crippen MR) is 113 cm³/mol. The molecule has 30 heavy (non-hydrogen) atoms. The third-order valence-corrected chi connectivity index (χ3v) is 6.85. The number of carbonyl (C=O) groups is 1. The van der Waals surface area contributed by atoms with Crippen molar-refractivity contribution < 1.29 is 14.1 Å². The van der Waals surface area contributed by atoms with Gasteiger partial charge in [-0.3, -0.25) is 9.78 Å². The molecule has 0 unspecified atom stereocenters. The molecule has 1 aliphatic heterocycles. The van der Waals surface area contributed by atoms with Gasteiger partial charge in [-0.25, -0.2) is 0 Å². The zero-order chi connectivity index (χ0) is 20.8. The molecule has 2 aromatic rings. The van der Waals surface area contributed by atoms with E-state index in [9.17, 15) is 4.79 Å². The molecule has 0 spiro atoms. The van der Waals surface area contributed by atoms with Gasteiger partial charge in [-0.05, 0) is 50.2 Å². The van der Waals surface area contributed by atoms with Crippen LogP contribution in [-0.4, -0.2) is 52.7 Å². The molecule has 7 nitrogen and oxygen atoms in total. The largest absolute Gasteiger partial charge is 0.385 e. The Labute approximate surface area is 178 Å². The van der Waals surface area contributed by atoms with E-state index in [0.717, 1.165) is 43.7 Å². The molecule has 1 aliphatic carbocycles. The molecule has 2 aromatic heterocycles. The van der Waals surface area contributed by atoms with Crippen molar-refractivity contribution >= 4 is 5.91 Å². The number of methoxy groups -OCH3 is 1. The van der Waals surface area contributed by atoms with E-state index < -0.39 is 0 Å². The summed E-state index contributed by atoms with van der Waals surface area (Å²) in [5.41, 5.74) is 0.597. The van der Waals surface area contributed by atoms with Crippen LogP contribution in [0, 0.1) is 5.92 Å². The molecule has 4 rings (SSSR count). The van der Waals surface area contributed by atoms with Gasteiger partial charge >= 0.3 is 0 Å². The number of rotatable bonds is 7. The summed E-state index contributed by atoms with van der Waals surface area (Å²) in [5.74, 6) is 2.10. The number of amides is 1. The van der Waals surface area contributed by atoms with Gasteiger partial charge in [-0.2, -0.15) is 4.98 Å². The van der Waals surface area contributed by atoms with Crippen LogP contribution < -0.4 is 0 Å². The van der Waals surface area contributed by atoms with Crippen molar-refractivity contribution in [3.05, 3.63) is 30.4 Å². The lowest BCUT2D eigenvalue weighted by atomic mass is 9.75. The van der Waals surface area contributed by atoms with Gasteiger partial charge in [-0.1, -0.05) is 24.4 Å². The standard InChI is InChI=1S/C23H32N4O3/c1-29-15-11-23(22-25-21(30-26-22)19-8-5-12-24-17-19)9-13-27(14-10-23)20(28)16-18-6-3-2-4-7-18/h5,8,12,17-18H,2-4,6-7,9-11,13-16H2,1H3. The molecule has 2 fully saturated rings. The lowest BCUT2D eigenvalue weighted by molar-refractivity contribution is -0.134. The van der Waals surface area contributed by atoms with Gasteiger partial charge in [0.15, 0.2) is 5.82 Å². The van der Waals surface area contributed by atoms with E-state index in [1.165, 1.54) is 32.1 Å². The van der Waals surface area contributed by atoms with Gasteiger partial charge in [0, 0.05) is 51.0 Å². The molecule has 1 saturated heterocycles. The van der Waals surface area contributed by atoms with Crippen molar-refractivity contribution in [2.45, 2.75) is 63.2 Å². The molecule has 0 atom stereocenters. The number of piperidine rings is 1. The first kappa shape index (κ1) is 21.0. The molecular formula is C23H32N4O3. The molecule has 3 heterocycles. The highest BCUT2D eigenvalue weighted by Crippen LogP contribution is 2.38. The molecule has 0 bridgehead atoms. The van der Waals surface area contributed by atoms with E-state index in [2.05, 4.69) is 10.1 Å². The van der Waals surface area contributed by atoms with Crippen LogP contribution in [-0.2, 0) is 14.9 Å². The summed E-state index contributed by atoms with van der Waals surface area (Å²) in [5, 5.41) is 4.33. The summed E-state index contributed by atoms with van der Waals surface area (Å²) in [7, 11) is 1.72. The first-order chi connectivity index (χ1) is 14.7. The quantitative estimate of drug-likeness (QED) is 0.684. The Morgan fingerprint density at radius 2 is 2.07 bits per heavy atom. The van der Waals surface area contributed by atoms with Gasteiger partial charge in [0.25, 0.3) is 5.89 Å². The van der Waals surface area contributed by atoms with E-state index in [1.54, 1.807) is 19.5 Å². The molecule has 0 aromatic carbocycles. The minimum atomic E-state index is -0.221. The molecule has 1 saturated carbocycles. The highest BCUT2D eigenvalue weighted by molar-refractivity contribution is 5.76. The minimum absolute atomic E-state index is 0.221.